The van der Waals surface area contributed by atoms with Gasteiger partial charge in [0.2, 0.25) is 5.91 Å². The van der Waals surface area contributed by atoms with Crippen LogP contribution in [0.15, 0.2) is 48.5 Å². The Labute approximate surface area is 174 Å². The Balaban J connectivity index is 1.58. The van der Waals surface area contributed by atoms with Crippen molar-refractivity contribution < 1.29 is 9.18 Å². The van der Waals surface area contributed by atoms with Crippen LogP contribution in [-0.2, 0) is 17.6 Å². The second-order valence-electron chi connectivity index (χ2n) is 8.06. The van der Waals surface area contributed by atoms with Crippen LogP contribution < -0.4 is 4.90 Å². The minimum absolute atomic E-state index is 0.155. The molecule has 1 heterocycles. The third-order valence-electron chi connectivity index (χ3n) is 5.80. The third kappa shape index (κ3) is 5.59. The number of aryl methyl sites for hydroxylation is 2. The molecule has 29 heavy (non-hydrogen) atoms. The maximum absolute atomic E-state index is 13.8. The molecule has 1 amide bonds. The van der Waals surface area contributed by atoms with E-state index in [4.69, 9.17) is 0 Å². The van der Waals surface area contributed by atoms with E-state index < -0.39 is 0 Å². The minimum atomic E-state index is -0.178. The van der Waals surface area contributed by atoms with E-state index in [1.165, 1.54) is 17.3 Å². The summed E-state index contributed by atoms with van der Waals surface area (Å²) in [6.07, 6.45) is 4.99. The van der Waals surface area contributed by atoms with Gasteiger partial charge in [0.25, 0.3) is 0 Å². The predicted molar refractivity (Wildman–Crippen MR) is 118 cm³/mol. The molecular formula is C25H33FN2O. The van der Waals surface area contributed by atoms with Crippen molar-refractivity contribution in [2.24, 2.45) is 0 Å². The number of nitrogens with zero attached hydrogens (tertiary/aromatic N) is 2. The van der Waals surface area contributed by atoms with Gasteiger partial charge in [-0.1, -0.05) is 43.3 Å². The molecule has 1 atom stereocenters. The van der Waals surface area contributed by atoms with E-state index in [2.05, 4.69) is 43.0 Å². The van der Waals surface area contributed by atoms with Crippen molar-refractivity contribution in [2.75, 3.05) is 24.5 Å². The lowest BCUT2D eigenvalue weighted by Crippen LogP contribution is -2.47. The molecule has 0 N–H and O–H groups in total. The van der Waals surface area contributed by atoms with E-state index in [-0.39, 0.29) is 17.8 Å². The molecule has 0 spiro atoms. The predicted octanol–water partition coefficient (Wildman–Crippen LogP) is 5.23. The number of hydrogen-bond acceptors (Lipinski definition) is 2. The highest BCUT2D eigenvalue weighted by molar-refractivity contribution is 5.76. The first-order chi connectivity index (χ1) is 14.1. The highest BCUT2D eigenvalue weighted by atomic mass is 19.1. The largest absolute Gasteiger partial charge is 0.369 e. The minimum Gasteiger partial charge on any atom is -0.369 e. The molecule has 2 aromatic carbocycles. The quantitative estimate of drug-likeness (QED) is 0.579. The molecule has 0 radical (unpaired) electrons. The van der Waals surface area contributed by atoms with E-state index in [9.17, 15) is 9.18 Å². The fourth-order valence-electron chi connectivity index (χ4n) is 4.33. The number of benzene rings is 2. The number of anilines is 1. The molecule has 1 aliphatic heterocycles. The number of rotatable bonds is 9. The first kappa shape index (κ1) is 21.4. The van der Waals surface area contributed by atoms with Crippen LogP contribution in [0.25, 0.3) is 0 Å². The summed E-state index contributed by atoms with van der Waals surface area (Å²) in [7, 11) is 0. The lowest BCUT2D eigenvalue weighted by molar-refractivity contribution is -0.133. The molecule has 1 unspecified atom stereocenters. The summed E-state index contributed by atoms with van der Waals surface area (Å²) in [5.74, 6) is 0.00322. The molecule has 4 heteroatoms. The smallest absolute Gasteiger partial charge is 0.222 e. The summed E-state index contributed by atoms with van der Waals surface area (Å²) < 4.78 is 13.8. The Bertz CT molecular complexity index is 807. The van der Waals surface area contributed by atoms with Crippen molar-refractivity contribution in [2.45, 2.75) is 58.4 Å². The maximum Gasteiger partial charge on any atom is 0.222 e. The zero-order chi connectivity index (χ0) is 20.6. The van der Waals surface area contributed by atoms with E-state index in [1.54, 1.807) is 12.1 Å². The van der Waals surface area contributed by atoms with Gasteiger partial charge in [-0.3, -0.25) is 4.79 Å². The van der Waals surface area contributed by atoms with Crippen LogP contribution in [0, 0.1) is 5.82 Å². The normalized spacial score (nSPS) is 14.4. The molecule has 156 valence electrons. The fourth-order valence-corrected chi connectivity index (χ4v) is 4.33. The SMILES string of the molecule is CCCN(C(=O)CCCc1ccccc1F)C(C)CN1CCCc2ccccc21. The highest BCUT2D eigenvalue weighted by Gasteiger charge is 2.24. The monoisotopic (exact) mass is 396 g/mol. The van der Waals surface area contributed by atoms with Crippen LogP contribution in [0.2, 0.25) is 0 Å². The number of carbonyl (C=O) groups is 1. The van der Waals surface area contributed by atoms with Crippen LogP contribution >= 0.6 is 0 Å². The zero-order valence-electron chi connectivity index (χ0n) is 17.7. The number of para-hydroxylation sites is 1. The Kier molecular flexibility index (Phi) is 7.68. The zero-order valence-corrected chi connectivity index (χ0v) is 17.7. The third-order valence-corrected chi connectivity index (χ3v) is 5.80. The van der Waals surface area contributed by atoms with Gasteiger partial charge in [0, 0.05) is 37.8 Å². The van der Waals surface area contributed by atoms with E-state index in [1.807, 2.05) is 11.0 Å². The molecular weight excluding hydrogens is 363 g/mol. The second kappa shape index (κ2) is 10.4. The Morgan fingerprint density at radius 1 is 1.17 bits per heavy atom. The Morgan fingerprint density at radius 3 is 2.72 bits per heavy atom. The average molecular weight is 397 g/mol. The molecule has 0 saturated heterocycles. The standard InChI is InChI=1S/C25H33FN2O/c1-3-17-28(25(29)16-8-12-21-10-4-6-14-23(21)26)20(2)19-27-18-9-13-22-11-5-7-15-24(22)27/h4-7,10-11,14-15,20H,3,8-9,12-13,16-19H2,1-2H3. The van der Waals surface area contributed by atoms with Gasteiger partial charge in [-0.05, 0) is 62.3 Å². The van der Waals surface area contributed by atoms with Crippen molar-refractivity contribution in [1.82, 2.24) is 4.90 Å². The molecule has 0 bridgehead atoms. The van der Waals surface area contributed by atoms with Crippen LogP contribution in [0.5, 0.6) is 0 Å². The lowest BCUT2D eigenvalue weighted by atomic mass is 10.0. The summed E-state index contributed by atoms with van der Waals surface area (Å²) in [5, 5.41) is 0. The summed E-state index contributed by atoms with van der Waals surface area (Å²) >= 11 is 0. The van der Waals surface area contributed by atoms with E-state index >= 15 is 0 Å². The van der Waals surface area contributed by atoms with Crippen molar-refractivity contribution >= 4 is 11.6 Å². The Morgan fingerprint density at radius 2 is 1.93 bits per heavy atom. The number of amides is 1. The van der Waals surface area contributed by atoms with Gasteiger partial charge >= 0.3 is 0 Å². The summed E-state index contributed by atoms with van der Waals surface area (Å²) in [5.41, 5.74) is 3.42. The maximum atomic E-state index is 13.8. The molecule has 0 aliphatic carbocycles. The number of halogens is 1. The molecule has 3 rings (SSSR count). The van der Waals surface area contributed by atoms with Crippen molar-refractivity contribution in [3.63, 3.8) is 0 Å². The van der Waals surface area contributed by atoms with Crippen LogP contribution in [0.4, 0.5) is 10.1 Å². The summed E-state index contributed by atoms with van der Waals surface area (Å²) in [4.78, 5) is 17.4. The van der Waals surface area contributed by atoms with Gasteiger partial charge in [-0.15, -0.1) is 0 Å². The van der Waals surface area contributed by atoms with Gasteiger partial charge in [-0.2, -0.15) is 0 Å². The molecule has 0 saturated carbocycles. The van der Waals surface area contributed by atoms with Crippen molar-refractivity contribution in [1.29, 1.82) is 0 Å². The number of hydrogen-bond donors (Lipinski definition) is 0. The van der Waals surface area contributed by atoms with Crippen molar-refractivity contribution in [3.8, 4) is 0 Å². The van der Waals surface area contributed by atoms with Crippen LogP contribution in [0.1, 0.15) is 50.7 Å². The number of carbonyl (C=O) groups excluding carboxylic acids is 1. The van der Waals surface area contributed by atoms with Crippen LogP contribution in [-0.4, -0.2) is 36.5 Å². The van der Waals surface area contributed by atoms with Gasteiger partial charge < -0.3 is 9.80 Å². The van der Waals surface area contributed by atoms with Gasteiger partial charge in [-0.25, -0.2) is 4.39 Å². The fraction of sp³-hybridized carbons (Fsp3) is 0.480. The molecule has 1 aliphatic rings. The topological polar surface area (TPSA) is 23.6 Å². The van der Waals surface area contributed by atoms with E-state index in [0.29, 0.717) is 24.8 Å². The van der Waals surface area contributed by atoms with Gasteiger partial charge in [0.1, 0.15) is 5.82 Å². The first-order valence-corrected chi connectivity index (χ1v) is 11.0. The van der Waals surface area contributed by atoms with Crippen LogP contribution in [0.3, 0.4) is 0 Å². The summed E-state index contributed by atoms with van der Waals surface area (Å²) in [6, 6.07) is 15.6. The average Bonchev–Trinajstić information content (AvgIpc) is 2.73. The van der Waals surface area contributed by atoms with Gasteiger partial charge in [0.05, 0.1) is 0 Å². The molecule has 2 aromatic rings. The number of fused-ring (bicyclic) bond motifs is 1. The lowest BCUT2D eigenvalue weighted by Gasteiger charge is -2.37. The highest BCUT2D eigenvalue weighted by Crippen LogP contribution is 2.27. The molecule has 3 nitrogen and oxygen atoms in total. The molecule has 0 aromatic heterocycles. The first-order valence-electron chi connectivity index (χ1n) is 11.0. The van der Waals surface area contributed by atoms with Crippen molar-refractivity contribution in [3.05, 3.63) is 65.5 Å². The summed E-state index contributed by atoms with van der Waals surface area (Å²) in [6.45, 7) is 6.94. The second-order valence-corrected chi connectivity index (χ2v) is 8.06. The molecule has 0 fully saturated rings. The van der Waals surface area contributed by atoms with E-state index in [0.717, 1.165) is 38.9 Å². The van der Waals surface area contributed by atoms with Gasteiger partial charge in [0.15, 0.2) is 0 Å². The Hall–Kier alpha value is -2.36.